The van der Waals surface area contributed by atoms with Crippen molar-refractivity contribution in [2.45, 2.75) is 45.1 Å². The SMILES string of the molecule is CCCC1(CCC)NC(=O)N(CC(=O)Nc2cccc(NC(=O)c3ccco3)c2)C1=O. The molecule has 1 aromatic carbocycles. The zero-order valence-electron chi connectivity index (χ0n) is 17.6. The van der Waals surface area contributed by atoms with Crippen LogP contribution >= 0.6 is 0 Å². The maximum absolute atomic E-state index is 12.9. The van der Waals surface area contributed by atoms with Crippen molar-refractivity contribution in [3.8, 4) is 0 Å². The number of rotatable bonds is 9. The van der Waals surface area contributed by atoms with Crippen molar-refractivity contribution in [1.29, 1.82) is 0 Å². The summed E-state index contributed by atoms with van der Waals surface area (Å²) in [4.78, 5) is 50.9. The van der Waals surface area contributed by atoms with Gasteiger partial charge in [-0.1, -0.05) is 32.8 Å². The summed E-state index contributed by atoms with van der Waals surface area (Å²) >= 11 is 0. The molecule has 3 N–H and O–H groups in total. The van der Waals surface area contributed by atoms with Crippen LogP contribution in [0.15, 0.2) is 47.1 Å². The van der Waals surface area contributed by atoms with Crippen molar-refractivity contribution in [2.75, 3.05) is 17.2 Å². The first-order chi connectivity index (χ1) is 14.9. The number of benzene rings is 1. The summed E-state index contributed by atoms with van der Waals surface area (Å²) in [6.45, 7) is 3.51. The molecule has 2 heterocycles. The molecule has 3 rings (SSSR count). The fourth-order valence-electron chi connectivity index (χ4n) is 3.76. The Bertz CT molecular complexity index is 964. The van der Waals surface area contributed by atoms with E-state index < -0.39 is 23.4 Å². The molecule has 31 heavy (non-hydrogen) atoms. The zero-order chi connectivity index (χ0) is 22.4. The van der Waals surface area contributed by atoms with Gasteiger partial charge in [0, 0.05) is 11.4 Å². The molecule has 0 radical (unpaired) electrons. The van der Waals surface area contributed by atoms with E-state index in [1.165, 1.54) is 12.3 Å². The number of hydrogen-bond donors (Lipinski definition) is 3. The number of carbonyl (C=O) groups is 4. The number of nitrogens with zero attached hydrogens (tertiary/aromatic N) is 1. The van der Waals surface area contributed by atoms with Crippen molar-refractivity contribution in [3.63, 3.8) is 0 Å². The molecule has 1 aliphatic rings. The predicted octanol–water partition coefficient (Wildman–Crippen LogP) is 3.36. The third kappa shape index (κ3) is 4.93. The summed E-state index contributed by atoms with van der Waals surface area (Å²) < 4.78 is 5.05. The maximum atomic E-state index is 12.9. The maximum Gasteiger partial charge on any atom is 0.325 e. The summed E-state index contributed by atoms with van der Waals surface area (Å²) in [6.07, 6.45) is 3.93. The quantitative estimate of drug-likeness (QED) is 0.531. The molecule has 0 spiro atoms. The van der Waals surface area contributed by atoms with Crippen LogP contribution in [0.25, 0.3) is 0 Å². The lowest BCUT2D eigenvalue weighted by atomic mass is 9.88. The first kappa shape index (κ1) is 22.1. The van der Waals surface area contributed by atoms with Gasteiger partial charge in [-0.15, -0.1) is 0 Å². The highest BCUT2D eigenvalue weighted by Gasteiger charge is 2.50. The summed E-state index contributed by atoms with van der Waals surface area (Å²) in [7, 11) is 0. The minimum atomic E-state index is -0.934. The molecule has 1 aromatic heterocycles. The van der Waals surface area contributed by atoms with Crippen molar-refractivity contribution in [3.05, 3.63) is 48.4 Å². The van der Waals surface area contributed by atoms with Crippen LogP contribution in [-0.4, -0.2) is 40.7 Å². The van der Waals surface area contributed by atoms with Crippen molar-refractivity contribution in [1.82, 2.24) is 10.2 Å². The summed E-state index contributed by atoms with van der Waals surface area (Å²) in [5.41, 5.74) is -0.0570. The van der Waals surface area contributed by atoms with E-state index >= 15 is 0 Å². The molecule has 9 nitrogen and oxygen atoms in total. The molecule has 0 bridgehead atoms. The van der Waals surface area contributed by atoms with E-state index in [0.29, 0.717) is 24.2 Å². The number of amides is 5. The van der Waals surface area contributed by atoms with Crippen LogP contribution in [0.1, 0.15) is 50.1 Å². The lowest BCUT2D eigenvalue weighted by molar-refractivity contribution is -0.134. The van der Waals surface area contributed by atoms with Gasteiger partial charge in [0.25, 0.3) is 11.8 Å². The molecule has 0 unspecified atom stereocenters. The molecule has 5 amide bonds. The van der Waals surface area contributed by atoms with Crippen LogP contribution < -0.4 is 16.0 Å². The average molecular weight is 426 g/mol. The van der Waals surface area contributed by atoms with Crippen molar-refractivity contribution in [2.24, 2.45) is 0 Å². The zero-order valence-corrected chi connectivity index (χ0v) is 17.6. The number of urea groups is 1. The molecule has 0 saturated carbocycles. The third-order valence-electron chi connectivity index (χ3n) is 5.05. The third-order valence-corrected chi connectivity index (χ3v) is 5.05. The monoisotopic (exact) mass is 426 g/mol. The molecule has 9 heteroatoms. The number of furan rings is 1. The Labute approximate surface area is 180 Å². The van der Waals surface area contributed by atoms with Crippen LogP contribution in [0, 0.1) is 0 Å². The molecule has 2 aromatic rings. The van der Waals surface area contributed by atoms with Crippen LogP contribution in [0.5, 0.6) is 0 Å². The van der Waals surface area contributed by atoms with Gasteiger partial charge in [0.15, 0.2) is 5.76 Å². The topological polar surface area (TPSA) is 121 Å². The standard InChI is InChI=1S/C22H26N4O5/c1-3-10-22(11-4-2)20(29)26(21(30)25-22)14-18(27)23-15-7-5-8-16(13-15)24-19(28)17-9-6-12-31-17/h5-9,12-13H,3-4,10-11,14H2,1-2H3,(H,23,27)(H,24,28)(H,25,30). The van der Waals surface area contributed by atoms with Crippen LogP contribution in [-0.2, 0) is 9.59 Å². The first-order valence-electron chi connectivity index (χ1n) is 10.3. The molecular weight excluding hydrogens is 400 g/mol. The number of imide groups is 1. The van der Waals surface area contributed by atoms with Gasteiger partial charge in [0.2, 0.25) is 5.91 Å². The Morgan fingerprint density at radius 1 is 1.03 bits per heavy atom. The van der Waals surface area contributed by atoms with E-state index in [1.807, 2.05) is 13.8 Å². The summed E-state index contributed by atoms with van der Waals surface area (Å²) in [5, 5.41) is 8.12. The highest BCUT2D eigenvalue weighted by molar-refractivity contribution is 6.10. The number of nitrogens with one attached hydrogen (secondary N) is 3. The number of carbonyl (C=O) groups excluding carboxylic acids is 4. The van der Waals surface area contributed by atoms with Gasteiger partial charge in [0.1, 0.15) is 12.1 Å². The largest absolute Gasteiger partial charge is 0.459 e. The van der Waals surface area contributed by atoms with Gasteiger partial charge in [-0.2, -0.15) is 0 Å². The second-order valence-electron chi connectivity index (χ2n) is 7.46. The molecular formula is C22H26N4O5. The van der Waals surface area contributed by atoms with Crippen molar-refractivity contribution < 1.29 is 23.6 Å². The highest BCUT2D eigenvalue weighted by atomic mass is 16.3. The molecule has 0 atom stereocenters. The predicted molar refractivity (Wildman–Crippen MR) is 115 cm³/mol. The molecule has 164 valence electrons. The Hall–Kier alpha value is -3.62. The smallest absolute Gasteiger partial charge is 0.325 e. The second-order valence-corrected chi connectivity index (χ2v) is 7.46. The van der Waals surface area contributed by atoms with Gasteiger partial charge in [-0.05, 0) is 43.2 Å². The average Bonchev–Trinajstić information content (AvgIpc) is 3.33. The van der Waals surface area contributed by atoms with Crippen LogP contribution in [0.3, 0.4) is 0 Å². The minimum Gasteiger partial charge on any atom is -0.459 e. The lowest BCUT2D eigenvalue weighted by Gasteiger charge is -2.25. The van der Waals surface area contributed by atoms with E-state index in [0.717, 1.165) is 17.7 Å². The second kappa shape index (κ2) is 9.46. The Balaban J connectivity index is 1.63. The Morgan fingerprint density at radius 3 is 2.32 bits per heavy atom. The molecule has 1 fully saturated rings. The normalized spacial score (nSPS) is 15.0. The van der Waals surface area contributed by atoms with Gasteiger partial charge in [-0.25, -0.2) is 4.79 Å². The minimum absolute atomic E-state index is 0.163. The Kier molecular flexibility index (Phi) is 6.74. The number of anilines is 2. The molecule has 0 aliphatic carbocycles. The van der Waals surface area contributed by atoms with E-state index in [2.05, 4.69) is 16.0 Å². The highest BCUT2D eigenvalue weighted by Crippen LogP contribution is 2.28. The van der Waals surface area contributed by atoms with Gasteiger partial charge in [0.05, 0.1) is 6.26 Å². The summed E-state index contributed by atoms with van der Waals surface area (Å²) in [6, 6.07) is 9.13. The molecule has 1 saturated heterocycles. The Morgan fingerprint density at radius 2 is 1.71 bits per heavy atom. The van der Waals surface area contributed by atoms with E-state index in [-0.39, 0.29) is 18.2 Å². The van der Waals surface area contributed by atoms with Gasteiger partial charge >= 0.3 is 6.03 Å². The van der Waals surface area contributed by atoms with E-state index in [1.54, 1.807) is 30.3 Å². The van der Waals surface area contributed by atoms with Gasteiger partial charge in [-0.3, -0.25) is 19.3 Å². The van der Waals surface area contributed by atoms with E-state index in [4.69, 9.17) is 4.42 Å². The van der Waals surface area contributed by atoms with Crippen molar-refractivity contribution >= 4 is 35.1 Å². The first-order valence-corrected chi connectivity index (χ1v) is 10.3. The van der Waals surface area contributed by atoms with Gasteiger partial charge < -0.3 is 20.4 Å². The van der Waals surface area contributed by atoms with E-state index in [9.17, 15) is 19.2 Å². The fraction of sp³-hybridized carbons (Fsp3) is 0.364. The van der Waals surface area contributed by atoms with Crippen LogP contribution in [0.4, 0.5) is 16.2 Å². The number of hydrogen-bond acceptors (Lipinski definition) is 5. The summed E-state index contributed by atoms with van der Waals surface area (Å²) in [5.74, 6) is -1.13. The van der Waals surface area contributed by atoms with Crippen LogP contribution in [0.2, 0.25) is 0 Å². The fourth-order valence-corrected chi connectivity index (χ4v) is 3.76. The molecule has 1 aliphatic heterocycles. The lowest BCUT2D eigenvalue weighted by Crippen LogP contribution is -2.47.